The third-order valence-electron chi connectivity index (χ3n) is 2.96. The van der Waals surface area contributed by atoms with Gasteiger partial charge in [-0.05, 0) is 44.4 Å². The van der Waals surface area contributed by atoms with Gasteiger partial charge in [-0.2, -0.15) is 11.8 Å². The molecule has 0 aliphatic carbocycles. The molecule has 10 heteroatoms. The van der Waals surface area contributed by atoms with Crippen molar-refractivity contribution in [3.05, 3.63) is 23.4 Å². The van der Waals surface area contributed by atoms with Crippen LogP contribution < -0.4 is 5.32 Å². The van der Waals surface area contributed by atoms with Crippen LogP contribution in [0.3, 0.4) is 0 Å². The molecule has 1 atom stereocenters. The van der Waals surface area contributed by atoms with Gasteiger partial charge in [0.25, 0.3) is 5.89 Å². The minimum absolute atomic E-state index is 0.255. The first-order chi connectivity index (χ1) is 12.2. The molecule has 0 saturated carbocycles. The molecule has 0 aliphatic heterocycles. The molecule has 0 aliphatic rings. The van der Waals surface area contributed by atoms with Gasteiger partial charge >= 0.3 is 12.1 Å². The lowest BCUT2D eigenvalue weighted by Crippen LogP contribution is -2.43. The predicted molar refractivity (Wildman–Crippen MR) is 99.2 cm³/mol. The molecular formula is C16H21N3O5S2. The van der Waals surface area contributed by atoms with Crippen molar-refractivity contribution >= 4 is 35.2 Å². The number of nitrogens with zero attached hydrogens (tertiary/aromatic N) is 2. The molecule has 2 rings (SSSR count). The number of carbonyl (C=O) groups is 2. The Hall–Kier alpha value is -2.07. The summed E-state index contributed by atoms with van der Waals surface area (Å²) in [5, 5.41) is 21.5. The van der Waals surface area contributed by atoms with Gasteiger partial charge in [0.2, 0.25) is 5.89 Å². The smallest absolute Gasteiger partial charge is 0.408 e. The van der Waals surface area contributed by atoms with Gasteiger partial charge in [-0.25, -0.2) is 9.59 Å². The van der Waals surface area contributed by atoms with Crippen LogP contribution in [0.1, 0.15) is 33.1 Å². The van der Waals surface area contributed by atoms with Crippen molar-refractivity contribution in [3.63, 3.8) is 0 Å². The summed E-state index contributed by atoms with van der Waals surface area (Å²) in [6, 6.07) is 2.79. The van der Waals surface area contributed by atoms with Gasteiger partial charge in [-0.3, -0.25) is 0 Å². The maximum atomic E-state index is 11.7. The summed E-state index contributed by atoms with van der Waals surface area (Å²) in [5.74, 6) is 0.825. The van der Waals surface area contributed by atoms with Crippen molar-refractivity contribution in [1.29, 1.82) is 0 Å². The number of thiophene rings is 1. The number of carbonyl (C=O) groups excluding carboxylic acids is 1. The third kappa shape index (κ3) is 6.68. The Morgan fingerprint density at radius 1 is 1.42 bits per heavy atom. The van der Waals surface area contributed by atoms with E-state index in [1.165, 1.54) is 23.1 Å². The summed E-state index contributed by atoms with van der Waals surface area (Å²) >= 11 is 2.97. The largest absolute Gasteiger partial charge is 0.480 e. The van der Waals surface area contributed by atoms with Crippen molar-refractivity contribution in [1.82, 2.24) is 15.5 Å². The molecule has 0 bridgehead atoms. The summed E-state index contributed by atoms with van der Waals surface area (Å²) in [4.78, 5) is 23.9. The fourth-order valence-corrected chi connectivity index (χ4v) is 3.36. The first-order valence-corrected chi connectivity index (χ1v) is 9.94. The Kier molecular flexibility index (Phi) is 7.04. The lowest BCUT2D eigenvalue weighted by Gasteiger charge is -2.21. The summed E-state index contributed by atoms with van der Waals surface area (Å²) in [7, 11) is 0. The number of rotatable bonds is 8. The number of carboxylic acid groups (broad SMARTS) is 1. The summed E-state index contributed by atoms with van der Waals surface area (Å²) in [5.41, 5.74) is -0.680. The minimum Gasteiger partial charge on any atom is -0.480 e. The molecule has 2 aromatic heterocycles. The quantitative estimate of drug-likeness (QED) is 0.649. The molecule has 0 fully saturated rings. The van der Waals surface area contributed by atoms with E-state index in [1.807, 2.05) is 17.5 Å². The third-order valence-corrected chi connectivity index (χ3v) is 4.80. The number of hydrogen-bond donors (Lipinski definition) is 2. The van der Waals surface area contributed by atoms with E-state index < -0.39 is 23.7 Å². The summed E-state index contributed by atoms with van der Waals surface area (Å²) in [6.07, 6.45) is -0.488. The minimum atomic E-state index is -1.10. The highest BCUT2D eigenvalue weighted by atomic mass is 32.2. The van der Waals surface area contributed by atoms with Gasteiger partial charge in [0, 0.05) is 0 Å². The molecule has 2 aromatic rings. The average molecular weight is 399 g/mol. The molecular weight excluding hydrogens is 378 g/mol. The van der Waals surface area contributed by atoms with Gasteiger partial charge < -0.3 is 19.6 Å². The second-order valence-corrected chi connectivity index (χ2v) is 8.41. The summed E-state index contributed by atoms with van der Waals surface area (Å²) < 4.78 is 10.6. The molecule has 2 N–H and O–H groups in total. The average Bonchev–Trinajstić information content (AvgIpc) is 3.19. The van der Waals surface area contributed by atoms with Crippen molar-refractivity contribution in [2.45, 2.75) is 44.6 Å². The lowest BCUT2D eigenvalue weighted by atomic mass is 10.2. The van der Waals surface area contributed by atoms with Crippen molar-refractivity contribution in [2.75, 3.05) is 5.75 Å². The molecule has 1 unspecified atom stereocenters. The standard InChI is InChI=1S/C16H21N3O5S2/c1-16(2,3)24-15(22)17-10(14(20)21)6-8-25-9-12-18-19-13(23-12)11-5-4-7-26-11/h4-5,7,10H,6,8-9H2,1-3H3,(H,17,22)(H,20,21). The highest BCUT2D eigenvalue weighted by Crippen LogP contribution is 2.24. The number of alkyl carbamates (subject to hydrolysis) is 1. The van der Waals surface area contributed by atoms with Gasteiger partial charge in [-0.15, -0.1) is 21.5 Å². The molecule has 142 valence electrons. The number of ether oxygens (including phenoxy) is 1. The van der Waals surface area contributed by atoms with E-state index >= 15 is 0 Å². The van der Waals surface area contributed by atoms with E-state index in [9.17, 15) is 14.7 Å². The van der Waals surface area contributed by atoms with E-state index in [1.54, 1.807) is 20.8 Å². The second kappa shape index (κ2) is 9.04. The highest BCUT2D eigenvalue weighted by molar-refractivity contribution is 7.98. The maximum absolute atomic E-state index is 11.7. The van der Waals surface area contributed by atoms with Gasteiger partial charge in [-0.1, -0.05) is 6.07 Å². The topological polar surface area (TPSA) is 115 Å². The maximum Gasteiger partial charge on any atom is 0.408 e. The Bertz CT molecular complexity index is 725. The summed E-state index contributed by atoms with van der Waals surface area (Å²) in [6.45, 7) is 5.15. The predicted octanol–water partition coefficient (Wildman–Crippen LogP) is 3.40. The first-order valence-electron chi connectivity index (χ1n) is 7.91. The number of aromatic nitrogens is 2. The Morgan fingerprint density at radius 2 is 2.19 bits per heavy atom. The monoisotopic (exact) mass is 399 g/mol. The van der Waals surface area contributed by atoms with Crippen LogP contribution in [0.4, 0.5) is 4.79 Å². The van der Waals surface area contributed by atoms with Gasteiger partial charge in [0.05, 0.1) is 10.6 Å². The van der Waals surface area contributed by atoms with Crippen LogP contribution in [0.2, 0.25) is 0 Å². The Morgan fingerprint density at radius 3 is 2.81 bits per heavy atom. The zero-order valence-electron chi connectivity index (χ0n) is 14.7. The zero-order chi connectivity index (χ0) is 19.2. The molecule has 26 heavy (non-hydrogen) atoms. The number of thioether (sulfide) groups is 1. The zero-order valence-corrected chi connectivity index (χ0v) is 16.4. The van der Waals surface area contributed by atoms with E-state index in [4.69, 9.17) is 9.15 Å². The molecule has 2 heterocycles. The SMILES string of the molecule is CC(C)(C)OC(=O)NC(CCSCc1nnc(-c2cccs2)o1)C(=O)O. The van der Waals surface area contributed by atoms with Crippen LogP contribution in [0.25, 0.3) is 10.8 Å². The van der Waals surface area contributed by atoms with Crippen molar-refractivity contribution in [2.24, 2.45) is 0 Å². The van der Waals surface area contributed by atoms with Crippen molar-refractivity contribution in [3.8, 4) is 10.8 Å². The van der Waals surface area contributed by atoms with Crippen LogP contribution in [0.15, 0.2) is 21.9 Å². The lowest BCUT2D eigenvalue weighted by molar-refractivity contribution is -0.139. The Balaban J connectivity index is 1.76. The number of carboxylic acids is 1. The van der Waals surface area contributed by atoms with Gasteiger partial charge in [0.1, 0.15) is 11.6 Å². The van der Waals surface area contributed by atoms with Crippen molar-refractivity contribution < 1.29 is 23.8 Å². The van der Waals surface area contributed by atoms with Crippen LogP contribution in [0.5, 0.6) is 0 Å². The fraction of sp³-hybridized carbons (Fsp3) is 0.500. The molecule has 0 aromatic carbocycles. The molecule has 8 nitrogen and oxygen atoms in total. The number of aliphatic carboxylic acids is 1. The molecule has 0 radical (unpaired) electrons. The molecule has 0 spiro atoms. The van der Waals surface area contributed by atoms with Crippen LogP contribution in [-0.4, -0.2) is 44.8 Å². The van der Waals surface area contributed by atoms with E-state index in [0.717, 1.165) is 4.88 Å². The first kappa shape index (κ1) is 20.2. The van der Waals surface area contributed by atoms with E-state index in [-0.39, 0.29) is 6.42 Å². The van der Waals surface area contributed by atoms with Crippen LogP contribution in [0, 0.1) is 0 Å². The number of amides is 1. The molecule has 1 amide bonds. The van der Waals surface area contributed by atoms with Crippen LogP contribution in [-0.2, 0) is 15.3 Å². The van der Waals surface area contributed by atoms with E-state index in [0.29, 0.717) is 23.3 Å². The van der Waals surface area contributed by atoms with Crippen LogP contribution >= 0.6 is 23.1 Å². The normalized spacial score (nSPS) is 12.6. The number of nitrogens with one attached hydrogen (secondary N) is 1. The van der Waals surface area contributed by atoms with Gasteiger partial charge in [0.15, 0.2) is 0 Å². The fourth-order valence-electron chi connectivity index (χ4n) is 1.88. The number of hydrogen-bond acceptors (Lipinski definition) is 8. The molecule has 0 saturated heterocycles. The highest BCUT2D eigenvalue weighted by Gasteiger charge is 2.23. The Labute approximate surface area is 159 Å². The van der Waals surface area contributed by atoms with E-state index in [2.05, 4.69) is 15.5 Å². The second-order valence-electron chi connectivity index (χ2n) is 6.36.